The number of carbonyl (C=O) groups is 1. The molecule has 0 spiro atoms. The van der Waals surface area contributed by atoms with Gasteiger partial charge in [-0.25, -0.2) is 4.98 Å². The predicted molar refractivity (Wildman–Crippen MR) is 148 cm³/mol. The number of non-ortho nitro benzene ring substituents is 1. The van der Waals surface area contributed by atoms with E-state index in [-0.39, 0.29) is 28.5 Å². The van der Waals surface area contributed by atoms with Gasteiger partial charge < -0.3 is 15.5 Å². The number of allylic oxidation sites excluding steroid dienone is 1. The van der Waals surface area contributed by atoms with Crippen molar-refractivity contribution in [1.29, 1.82) is 0 Å². The molecule has 9 nitrogen and oxygen atoms in total. The van der Waals surface area contributed by atoms with E-state index in [4.69, 9.17) is 0 Å². The van der Waals surface area contributed by atoms with Gasteiger partial charge in [0.25, 0.3) is 5.69 Å². The maximum absolute atomic E-state index is 13.5. The minimum absolute atomic E-state index is 0.00944. The van der Waals surface area contributed by atoms with Gasteiger partial charge in [-0.05, 0) is 30.3 Å². The van der Waals surface area contributed by atoms with E-state index in [0.29, 0.717) is 40.8 Å². The Bertz CT molecular complexity index is 1760. The van der Waals surface area contributed by atoms with E-state index < -0.39 is 0 Å². The molecule has 9 heteroatoms. The minimum atomic E-state index is -0.375. The smallest absolute Gasteiger partial charge is 0.280 e. The summed E-state index contributed by atoms with van der Waals surface area (Å²) >= 11 is 0. The second-order valence-corrected chi connectivity index (χ2v) is 9.43. The van der Waals surface area contributed by atoms with E-state index in [2.05, 4.69) is 25.5 Å². The Kier molecular flexibility index (Phi) is 4.97. The van der Waals surface area contributed by atoms with Gasteiger partial charge in [-0.3, -0.25) is 19.9 Å². The first-order valence-electron chi connectivity index (χ1n) is 12.4. The van der Waals surface area contributed by atoms with Gasteiger partial charge in [0.1, 0.15) is 5.39 Å². The van der Waals surface area contributed by atoms with Crippen LogP contribution in [-0.2, 0) is 0 Å². The zero-order valence-corrected chi connectivity index (χ0v) is 20.2. The number of nitrogens with one attached hydrogen (secondary N) is 2. The molecule has 2 unspecified atom stereocenters. The number of carbonyl (C=O) groups excluding carboxylic acids is 1. The number of pyridine rings is 1. The molecule has 0 saturated carbocycles. The Hall–Kier alpha value is -5.05. The number of benzene rings is 3. The highest BCUT2D eigenvalue weighted by atomic mass is 16.6. The summed E-state index contributed by atoms with van der Waals surface area (Å²) in [7, 11) is 0. The zero-order chi connectivity index (χ0) is 25.8. The highest BCUT2D eigenvalue weighted by Gasteiger charge is 2.44. The lowest BCUT2D eigenvalue weighted by Gasteiger charge is -2.37. The highest BCUT2D eigenvalue weighted by molar-refractivity contribution is 6.19. The molecule has 38 heavy (non-hydrogen) atoms. The van der Waals surface area contributed by atoms with Crippen LogP contribution in [0.4, 0.5) is 17.1 Å². The summed E-state index contributed by atoms with van der Waals surface area (Å²) in [5.74, 6) is 0.0129. The number of ketones is 1. The summed E-state index contributed by atoms with van der Waals surface area (Å²) in [5, 5.41) is 20.0. The number of hydrogen-bond donors (Lipinski definition) is 2. The van der Waals surface area contributed by atoms with Crippen LogP contribution in [0.15, 0.2) is 95.1 Å². The molecule has 3 heterocycles. The maximum atomic E-state index is 13.5. The van der Waals surface area contributed by atoms with E-state index in [0.717, 1.165) is 22.3 Å². The molecule has 0 bridgehead atoms. The van der Waals surface area contributed by atoms with Crippen LogP contribution in [0.25, 0.3) is 21.8 Å². The van der Waals surface area contributed by atoms with Gasteiger partial charge in [-0.15, -0.1) is 0 Å². The number of rotatable bonds is 6. The van der Waals surface area contributed by atoms with E-state index >= 15 is 0 Å². The topological polar surface area (TPSA) is 113 Å². The first kappa shape index (κ1) is 22.2. The Morgan fingerprint density at radius 1 is 0.947 bits per heavy atom. The van der Waals surface area contributed by atoms with Crippen molar-refractivity contribution in [2.45, 2.75) is 12.1 Å². The van der Waals surface area contributed by atoms with Crippen LogP contribution in [0.2, 0.25) is 0 Å². The molecule has 186 valence electrons. The quantitative estimate of drug-likeness (QED) is 0.171. The number of aromatic nitrogens is 1. The standard InChI is InChI=1S/C29H22N6O3/c36-29-18-7-2-4-10-23(18)34-16-32-22-13-12-20(26(29)28(22)34)30-14-15-31-27-17-6-1-3-8-19(17)33-21-9-5-11-24(25(21)27)35(37)38/h1-13,16,22,28,30H,14-15H2,(H,31,33). The number of Topliss-reactive ketones (excluding diaryl/α,β-unsaturated/α-hetero) is 1. The first-order chi connectivity index (χ1) is 18.6. The van der Waals surface area contributed by atoms with Crippen molar-refractivity contribution in [3.63, 3.8) is 0 Å². The molecule has 0 saturated heterocycles. The molecule has 2 aliphatic heterocycles. The summed E-state index contributed by atoms with van der Waals surface area (Å²) in [6, 6.07) is 19.9. The third-order valence-electron chi connectivity index (χ3n) is 7.33. The van der Waals surface area contributed by atoms with E-state index in [1.54, 1.807) is 12.1 Å². The van der Waals surface area contributed by atoms with Crippen molar-refractivity contribution in [1.82, 2.24) is 10.3 Å². The average molecular weight is 503 g/mol. The second-order valence-electron chi connectivity index (χ2n) is 9.43. The van der Waals surface area contributed by atoms with Crippen LogP contribution in [0, 0.1) is 10.1 Å². The summed E-state index contributed by atoms with van der Waals surface area (Å²) in [4.78, 5) is 36.3. The normalized spacial score (nSPS) is 19.2. The van der Waals surface area contributed by atoms with E-state index in [9.17, 15) is 14.9 Å². The lowest BCUT2D eigenvalue weighted by Crippen LogP contribution is -2.47. The molecule has 0 amide bonds. The second kappa shape index (κ2) is 8.52. The van der Waals surface area contributed by atoms with Gasteiger partial charge in [-0.2, -0.15) is 0 Å². The van der Waals surface area contributed by atoms with Gasteiger partial charge in [-0.1, -0.05) is 42.5 Å². The molecule has 1 aliphatic carbocycles. The molecule has 3 aromatic carbocycles. The fourth-order valence-corrected chi connectivity index (χ4v) is 5.68. The van der Waals surface area contributed by atoms with Gasteiger partial charge in [0.05, 0.1) is 45.8 Å². The third-order valence-corrected chi connectivity index (χ3v) is 7.33. The number of nitrogens with zero attached hydrogens (tertiary/aromatic N) is 4. The van der Waals surface area contributed by atoms with Crippen LogP contribution in [0.1, 0.15) is 10.4 Å². The van der Waals surface area contributed by atoms with Gasteiger partial charge >= 0.3 is 0 Å². The number of hydrogen-bond acceptors (Lipinski definition) is 8. The summed E-state index contributed by atoms with van der Waals surface area (Å²) in [5.41, 5.74) is 5.04. The third kappa shape index (κ3) is 3.28. The molecule has 1 aromatic heterocycles. The molecule has 0 fully saturated rings. The molecule has 7 rings (SSSR count). The Morgan fingerprint density at radius 2 is 1.74 bits per heavy atom. The number of para-hydroxylation sites is 2. The maximum Gasteiger partial charge on any atom is 0.280 e. The lowest BCUT2D eigenvalue weighted by molar-refractivity contribution is -0.383. The number of anilines is 2. The van der Waals surface area contributed by atoms with Crippen LogP contribution in [0.3, 0.4) is 0 Å². The van der Waals surface area contributed by atoms with Crippen molar-refractivity contribution < 1.29 is 9.72 Å². The molecule has 0 radical (unpaired) electrons. The van der Waals surface area contributed by atoms with Gasteiger partial charge in [0.2, 0.25) is 0 Å². The molecule has 2 atom stereocenters. The largest absolute Gasteiger partial charge is 0.383 e. The molecular formula is C29H22N6O3. The summed E-state index contributed by atoms with van der Waals surface area (Å²) < 4.78 is 0. The van der Waals surface area contributed by atoms with E-state index in [1.807, 2.05) is 67.0 Å². The summed E-state index contributed by atoms with van der Waals surface area (Å²) in [6.07, 6.45) is 5.78. The summed E-state index contributed by atoms with van der Waals surface area (Å²) in [6.45, 7) is 0.966. The fraction of sp³-hybridized carbons (Fsp3) is 0.138. The average Bonchev–Trinajstić information content (AvgIpc) is 3.38. The number of fused-ring (bicyclic) bond motifs is 4. The van der Waals surface area contributed by atoms with Crippen LogP contribution >= 0.6 is 0 Å². The fourth-order valence-electron chi connectivity index (χ4n) is 5.68. The van der Waals surface area contributed by atoms with Crippen molar-refractivity contribution in [3.05, 3.63) is 106 Å². The van der Waals surface area contributed by atoms with Crippen molar-refractivity contribution >= 4 is 51.0 Å². The predicted octanol–water partition coefficient (Wildman–Crippen LogP) is 4.60. The van der Waals surface area contributed by atoms with Crippen LogP contribution in [0.5, 0.6) is 0 Å². The van der Waals surface area contributed by atoms with Crippen LogP contribution < -0.4 is 15.5 Å². The van der Waals surface area contributed by atoms with Crippen molar-refractivity contribution in [2.75, 3.05) is 23.3 Å². The first-order valence-corrected chi connectivity index (χ1v) is 12.4. The van der Waals surface area contributed by atoms with E-state index in [1.165, 1.54) is 6.07 Å². The molecular weight excluding hydrogens is 480 g/mol. The number of aliphatic imine (C=N–C) groups is 1. The molecule has 4 aromatic rings. The lowest BCUT2D eigenvalue weighted by atomic mass is 9.83. The van der Waals surface area contributed by atoms with Gasteiger partial charge in [0, 0.05) is 41.4 Å². The Morgan fingerprint density at radius 3 is 2.63 bits per heavy atom. The SMILES string of the molecule is O=C1C2=C(NCCNc3c4ccccc4nc4cccc([N+](=O)[O-])c34)C=CC3N=CN(c4ccccc41)C23. The molecule has 2 N–H and O–H groups in total. The number of nitro benzene ring substituents is 1. The highest BCUT2D eigenvalue weighted by Crippen LogP contribution is 2.40. The van der Waals surface area contributed by atoms with Gasteiger partial charge in [0.15, 0.2) is 5.78 Å². The molecule has 3 aliphatic rings. The van der Waals surface area contributed by atoms with Crippen LogP contribution in [-0.4, -0.2) is 47.2 Å². The van der Waals surface area contributed by atoms with Crippen molar-refractivity contribution in [2.24, 2.45) is 4.99 Å². The minimum Gasteiger partial charge on any atom is -0.383 e. The monoisotopic (exact) mass is 502 g/mol. The Balaban J connectivity index is 1.20. The number of nitro groups is 1. The zero-order valence-electron chi connectivity index (χ0n) is 20.2. The Labute approximate surface area is 217 Å². The van der Waals surface area contributed by atoms with Crippen molar-refractivity contribution in [3.8, 4) is 0 Å².